The summed E-state index contributed by atoms with van der Waals surface area (Å²) in [5, 5.41) is 19.8. The Balaban J connectivity index is 2.54. The average Bonchev–Trinajstić information content (AvgIpc) is 2.36. The molecule has 0 spiro atoms. The molecule has 0 aliphatic heterocycles. The lowest BCUT2D eigenvalue weighted by Crippen LogP contribution is -2.36. The zero-order chi connectivity index (χ0) is 13.5. The topological polar surface area (TPSA) is 113 Å². The SMILES string of the molecule is NCCc1ccc(C(=O)NCC(O)C(=O)O)cc1. The number of hydrogen-bond donors (Lipinski definition) is 4. The summed E-state index contributed by atoms with van der Waals surface area (Å²) >= 11 is 0. The van der Waals surface area contributed by atoms with Crippen molar-refractivity contribution < 1.29 is 19.8 Å². The second-order valence-corrected chi connectivity index (χ2v) is 3.80. The number of carboxylic acids is 1. The minimum absolute atomic E-state index is 0.321. The summed E-state index contributed by atoms with van der Waals surface area (Å²) in [6, 6.07) is 6.84. The van der Waals surface area contributed by atoms with Gasteiger partial charge >= 0.3 is 5.97 Å². The number of nitrogens with two attached hydrogens (primary N) is 1. The molecule has 1 rings (SSSR count). The van der Waals surface area contributed by atoms with E-state index >= 15 is 0 Å². The predicted molar refractivity (Wildman–Crippen MR) is 65.2 cm³/mol. The van der Waals surface area contributed by atoms with Crippen LogP contribution in [0.15, 0.2) is 24.3 Å². The second-order valence-electron chi connectivity index (χ2n) is 3.80. The fraction of sp³-hybridized carbons (Fsp3) is 0.333. The molecule has 1 atom stereocenters. The highest BCUT2D eigenvalue weighted by molar-refractivity contribution is 5.94. The van der Waals surface area contributed by atoms with Crippen LogP contribution in [0.2, 0.25) is 0 Å². The van der Waals surface area contributed by atoms with Crippen LogP contribution in [0.1, 0.15) is 15.9 Å². The van der Waals surface area contributed by atoms with E-state index in [0.29, 0.717) is 12.1 Å². The van der Waals surface area contributed by atoms with Crippen molar-refractivity contribution >= 4 is 11.9 Å². The first-order valence-electron chi connectivity index (χ1n) is 5.52. The van der Waals surface area contributed by atoms with E-state index in [1.165, 1.54) is 0 Å². The zero-order valence-corrected chi connectivity index (χ0v) is 9.80. The zero-order valence-electron chi connectivity index (χ0n) is 9.80. The van der Waals surface area contributed by atoms with Crippen molar-refractivity contribution in [3.05, 3.63) is 35.4 Å². The molecule has 0 aliphatic rings. The number of benzene rings is 1. The number of nitrogens with one attached hydrogen (secondary N) is 1. The number of aliphatic hydroxyl groups excluding tert-OH is 1. The largest absolute Gasteiger partial charge is 0.479 e. The van der Waals surface area contributed by atoms with Crippen LogP contribution in [-0.2, 0) is 11.2 Å². The number of hydrogen-bond acceptors (Lipinski definition) is 4. The number of carbonyl (C=O) groups is 2. The van der Waals surface area contributed by atoms with E-state index in [4.69, 9.17) is 15.9 Å². The number of carbonyl (C=O) groups excluding carboxylic acids is 1. The lowest BCUT2D eigenvalue weighted by molar-refractivity contribution is -0.146. The summed E-state index contributed by atoms with van der Waals surface area (Å²) in [5.41, 5.74) is 6.84. The minimum atomic E-state index is -1.59. The molecule has 0 bridgehead atoms. The van der Waals surface area contributed by atoms with Gasteiger partial charge in [0.25, 0.3) is 5.91 Å². The third kappa shape index (κ3) is 4.15. The van der Waals surface area contributed by atoms with Gasteiger partial charge in [0.15, 0.2) is 6.10 Å². The van der Waals surface area contributed by atoms with Gasteiger partial charge in [0.1, 0.15) is 0 Å². The number of carboxylic acid groups (broad SMARTS) is 1. The lowest BCUT2D eigenvalue weighted by Gasteiger charge is -2.08. The van der Waals surface area contributed by atoms with Crippen molar-refractivity contribution in [3.63, 3.8) is 0 Å². The van der Waals surface area contributed by atoms with Crippen molar-refractivity contribution in [3.8, 4) is 0 Å². The summed E-state index contributed by atoms with van der Waals surface area (Å²) in [6.07, 6.45) is -0.856. The molecule has 0 radical (unpaired) electrons. The van der Waals surface area contributed by atoms with Crippen LogP contribution in [-0.4, -0.2) is 41.3 Å². The molecule has 0 aromatic heterocycles. The lowest BCUT2D eigenvalue weighted by atomic mass is 10.1. The van der Waals surface area contributed by atoms with Crippen molar-refractivity contribution in [1.82, 2.24) is 5.32 Å². The van der Waals surface area contributed by atoms with Gasteiger partial charge < -0.3 is 21.3 Å². The van der Waals surface area contributed by atoms with Gasteiger partial charge in [0.05, 0.1) is 6.54 Å². The van der Waals surface area contributed by atoms with Gasteiger partial charge in [0.2, 0.25) is 0 Å². The first kappa shape index (κ1) is 14.1. The van der Waals surface area contributed by atoms with E-state index in [0.717, 1.165) is 12.0 Å². The van der Waals surface area contributed by atoms with Crippen LogP contribution in [0.5, 0.6) is 0 Å². The maximum atomic E-state index is 11.6. The Kier molecular flexibility index (Phi) is 5.29. The summed E-state index contributed by atoms with van der Waals surface area (Å²) < 4.78 is 0. The second kappa shape index (κ2) is 6.73. The Morgan fingerprint density at radius 3 is 2.39 bits per heavy atom. The molecule has 0 aliphatic carbocycles. The highest BCUT2D eigenvalue weighted by Gasteiger charge is 2.14. The monoisotopic (exact) mass is 252 g/mol. The Labute approximate surface area is 104 Å². The number of amides is 1. The first-order chi connectivity index (χ1) is 8.54. The standard InChI is InChI=1S/C12H16N2O4/c13-6-5-8-1-3-9(4-2-8)11(16)14-7-10(15)12(17)18/h1-4,10,15H,5-7,13H2,(H,14,16)(H,17,18). The van der Waals surface area contributed by atoms with Crippen molar-refractivity contribution in [2.75, 3.05) is 13.1 Å². The summed E-state index contributed by atoms with van der Waals surface area (Å²) in [5.74, 6) is -1.79. The Bertz CT molecular complexity index is 417. The molecular weight excluding hydrogens is 236 g/mol. The van der Waals surface area contributed by atoms with Gasteiger partial charge in [-0.2, -0.15) is 0 Å². The molecule has 18 heavy (non-hydrogen) atoms. The molecule has 1 aromatic rings. The maximum Gasteiger partial charge on any atom is 0.334 e. The van der Waals surface area contributed by atoms with Crippen LogP contribution in [0, 0.1) is 0 Å². The van der Waals surface area contributed by atoms with E-state index < -0.39 is 18.0 Å². The smallest absolute Gasteiger partial charge is 0.334 e. The van der Waals surface area contributed by atoms with E-state index in [9.17, 15) is 9.59 Å². The summed E-state index contributed by atoms with van der Waals surface area (Å²) in [4.78, 5) is 22.0. The predicted octanol–water partition coefficient (Wildman–Crippen LogP) is -0.637. The van der Waals surface area contributed by atoms with Crippen LogP contribution in [0.3, 0.4) is 0 Å². The Morgan fingerprint density at radius 2 is 1.89 bits per heavy atom. The van der Waals surface area contributed by atoms with Gasteiger partial charge in [-0.25, -0.2) is 4.79 Å². The van der Waals surface area contributed by atoms with E-state index in [1.54, 1.807) is 24.3 Å². The van der Waals surface area contributed by atoms with Crippen LogP contribution >= 0.6 is 0 Å². The molecule has 1 amide bonds. The average molecular weight is 252 g/mol. The molecule has 5 N–H and O–H groups in total. The van der Waals surface area contributed by atoms with Gasteiger partial charge in [-0.05, 0) is 30.7 Å². The fourth-order valence-corrected chi connectivity index (χ4v) is 1.37. The number of rotatable bonds is 6. The van der Waals surface area contributed by atoms with Crippen molar-refractivity contribution in [2.24, 2.45) is 5.73 Å². The normalized spacial score (nSPS) is 11.9. The van der Waals surface area contributed by atoms with Gasteiger partial charge in [-0.15, -0.1) is 0 Å². The molecule has 0 heterocycles. The quantitative estimate of drug-likeness (QED) is 0.538. The van der Waals surface area contributed by atoms with Crippen LogP contribution < -0.4 is 11.1 Å². The molecule has 0 saturated heterocycles. The minimum Gasteiger partial charge on any atom is -0.479 e. The highest BCUT2D eigenvalue weighted by atomic mass is 16.4. The Hall–Kier alpha value is -1.92. The number of aliphatic hydroxyl groups is 1. The molecule has 0 saturated carbocycles. The third-order valence-electron chi connectivity index (χ3n) is 2.39. The van der Waals surface area contributed by atoms with E-state index in [2.05, 4.69) is 5.32 Å². The highest BCUT2D eigenvalue weighted by Crippen LogP contribution is 2.04. The molecule has 0 fully saturated rings. The summed E-state index contributed by atoms with van der Waals surface area (Å²) in [7, 11) is 0. The molecule has 6 nitrogen and oxygen atoms in total. The van der Waals surface area contributed by atoms with E-state index in [-0.39, 0.29) is 6.54 Å². The van der Waals surface area contributed by atoms with Crippen LogP contribution in [0.4, 0.5) is 0 Å². The van der Waals surface area contributed by atoms with Gasteiger partial charge in [0, 0.05) is 5.56 Å². The first-order valence-corrected chi connectivity index (χ1v) is 5.52. The van der Waals surface area contributed by atoms with Gasteiger partial charge in [-0.3, -0.25) is 4.79 Å². The summed E-state index contributed by atoms with van der Waals surface area (Å²) in [6.45, 7) is 0.217. The molecule has 1 unspecified atom stereocenters. The molecule has 6 heteroatoms. The van der Waals surface area contributed by atoms with Crippen molar-refractivity contribution in [1.29, 1.82) is 0 Å². The molecule has 1 aromatic carbocycles. The Morgan fingerprint density at radius 1 is 1.28 bits per heavy atom. The number of aliphatic carboxylic acids is 1. The van der Waals surface area contributed by atoms with Crippen molar-refractivity contribution in [2.45, 2.75) is 12.5 Å². The van der Waals surface area contributed by atoms with Gasteiger partial charge in [-0.1, -0.05) is 12.1 Å². The van der Waals surface area contributed by atoms with E-state index in [1.807, 2.05) is 0 Å². The third-order valence-corrected chi connectivity index (χ3v) is 2.39. The molecular formula is C12H16N2O4. The molecule has 98 valence electrons. The van der Waals surface area contributed by atoms with Crippen LogP contribution in [0.25, 0.3) is 0 Å². The maximum absolute atomic E-state index is 11.6. The fourth-order valence-electron chi connectivity index (χ4n) is 1.37.